The van der Waals surface area contributed by atoms with Gasteiger partial charge in [0.15, 0.2) is 0 Å². The number of fused-ring (bicyclic) bond motifs is 12. The van der Waals surface area contributed by atoms with Gasteiger partial charge in [-0.05, 0) is 218 Å². The highest BCUT2D eigenvalue weighted by molar-refractivity contribution is 7.33. The lowest BCUT2D eigenvalue weighted by molar-refractivity contribution is 0.332. The van der Waals surface area contributed by atoms with Gasteiger partial charge >= 0.3 is 0 Å². The van der Waals surface area contributed by atoms with Crippen molar-refractivity contribution in [2.24, 2.45) is 0 Å². The molecule has 3 nitrogen and oxygen atoms in total. The molecule has 4 heterocycles. The van der Waals surface area contributed by atoms with Crippen molar-refractivity contribution in [2.75, 3.05) is 9.80 Å². The number of nitrogens with zero attached hydrogens (tertiary/aromatic N) is 2. The fourth-order valence-electron chi connectivity index (χ4n) is 15.2. The highest BCUT2D eigenvalue weighted by atomic mass is 32.1. The second kappa shape index (κ2) is 16.1. The second-order valence-electron chi connectivity index (χ2n) is 28.8. The SMILES string of the molecule is Cc1cc2c3c(c1)N(c1ccc4c(c1)C(C)(C)CCC4(C)C)c1c(sc4cc5c(cc14)C(C)(C)CCC5(C)C)B3c1cc3oc4ccc(C(C)C)cc4c3cc1N2c1cc2c(cc1-c1ccccc1)C(C)(C)CCC2(C)C. The van der Waals surface area contributed by atoms with E-state index in [-0.39, 0.29) is 39.2 Å². The van der Waals surface area contributed by atoms with E-state index in [2.05, 4.69) is 229 Å². The summed E-state index contributed by atoms with van der Waals surface area (Å²) in [5.41, 5.74) is 26.6. The van der Waals surface area contributed by atoms with Crippen molar-refractivity contribution < 1.29 is 4.42 Å². The Labute approximate surface area is 463 Å². The zero-order valence-corrected chi connectivity index (χ0v) is 49.4. The molecule has 0 saturated carbocycles. The van der Waals surface area contributed by atoms with Gasteiger partial charge in [-0.2, -0.15) is 0 Å². The molecule has 77 heavy (non-hydrogen) atoms. The van der Waals surface area contributed by atoms with Crippen LogP contribution in [0.15, 0.2) is 120 Å². The zero-order chi connectivity index (χ0) is 53.8. The molecule has 14 rings (SSSR count). The summed E-state index contributed by atoms with van der Waals surface area (Å²) >= 11 is 2.05. The largest absolute Gasteiger partial charge is 0.456 e. The molecule has 0 fully saturated rings. The minimum Gasteiger partial charge on any atom is -0.456 e. The minimum absolute atomic E-state index is 0.000168. The molecule has 0 N–H and O–H groups in total. The molecular weight excluding hydrogens is 952 g/mol. The lowest BCUT2D eigenvalue weighted by Crippen LogP contribution is -2.60. The van der Waals surface area contributed by atoms with Crippen molar-refractivity contribution in [3.8, 4) is 11.1 Å². The van der Waals surface area contributed by atoms with Gasteiger partial charge in [0.05, 0.1) is 11.4 Å². The van der Waals surface area contributed by atoms with Gasteiger partial charge in [0.25, 0.3) is 6.71 Å². The van der Waals surface area contributed by atoms with Gasteiger partial charge in [0, 0.05) is 53.9 Å². The Kier molecular flexibility index (Phi) is 10.3. The van der Waals surface area contributed by atoms with Gasteiger partial charge in [0.2, 0.25) is 0 Å². The summed E-state index contributed by atoms with van der Waals surface area (Å²) in [7, 11) is 0. The summed E-state index contributed by atoms with van der Waals surface area (Å²) in [6.45, 7) is 36.6. The van der Waals surface area contributed by atoms with Crippen LogP contribution in [0.5, 0.6) is 0 Å². The van der Waals surface area contributed by atoms with Crippen LogP contribution in [-0.4, -0.2) is 6.71 Å². The van der Waals surface area contributed by atoms with E-state index in [1.807, 2.05) is 11.3 Å². The van der Waals surface area contributed by atoms with Crippen LogP contribution in [0.3, 0.4) is 0 Å². The molecule has 0 radical (unpaired) electrons. The number of rotatable bonds is 4. The van der Waals surface area contributed by atoms with Crippen LogP contribution >= 0.6 is 11.3 Å². The van der Waals surface area contributed by atoms with Crippen molar-refractivity contribution in [1.29, 1.82) is 0 Å². The lowest BCUT2D eigenvalue weighted by atomic mass is 9.36. The maximum atomic E-state index is 7.07. The number of hydrogen-bond donors (Lipinski definition) is 0. The van der Waals surface area contributed by atoms with Gasteiger partial charge in [-0.25, -0.2) is 0 Å². The fraction of sp³-hybridized carbons (Fsp3) is 0.389. The number of benzene rings is 7. The Morgan fingerprint density at radius 3 is 1.68 bits per heavy atom. The molecule has 0 unspecified atom stereocenters. The van der Waals surface area contributed by atoms with Crippen molar-refractivity contribution in [3.63, 3.8) is 0 Å². The number of anilines is 6. The smallest absolute Gasteiger partial charge is 0.264 e. The topological polar surface area (TPSA) is 19.6 Å². The first-order chi connectivity index (χ1) is 36.3. The average molecular weight is 1030 g/mol. The molecule has 390 valence electrons. The molecule has 5 aliphatic rings. The van der Waals surface area contributed by atoms with E-state index < -0.39 is 0 Å². The number of aryl methyl sites for hydroxylation is 1. The highest BCUT2D eigenvalue weighted by Crippen LogP contribution is 2.57. The van der Waals surface area contributed by atoms with E-state index in [4.69, 9.17) is 4.42 Å². The van der Waals surface area contributed by atoms with Crippen LogP contribution in [0.2, 0.25) is 0 Å². The first kappa shape index (κ1) is 49.3. The molecule has 9 aromatic rings. The van der Waals surface area contributed by atoms with Gasteiger partial charge in [0.1, 0.15) is 11.2 Å². The molecular formula is C72H77BN2OS. The molecule has 5 heteroatoms. The van der Waals surface area contributed by atoms with Gasteiger partial charge < -0.3 is 14.2 Å². The first-order valence-electron chi connectivity index (χ1n) is 29.1. The van der Waals surface area contributed by atoms with E-state index >= 15 is 0 Å². The van der Waals surface area contributed by atoms with E-state index in [0.29, 0.717) is 5.92 Å². The number of thiophene rings is 1. The van der Waals surface area contributed by atoms with Crippen LogP contribution in [0.1, 0.15) is 186 Å². The normalized spacial score (nSPS) is 19.7. The van der Waals surface area contributed by atoms with E-state index in [1.165, 1.54) is 152 Å². The molecule has 7 aromatic carbocycles. The van der Waals surface area contributed by atoms with Crippen molar-refractivity contribution >= 4 is 99.9 Å². The molecule has 0 spiro atoms. The zero-order valence-electron chi connectivity index (χ0n) is 48.6. The molecule has 3 aliphatic carbocycles. The Morgan fingerprint density at radius 1 is 0.481 bits per heavy atom. The molecule has 0 bridgehead atoms. The maximum absolute atomic E-state index is 7.07. The van der Waals surface area contributed by atoms with Crippen LogP contribution in [0.25, 0.3) is 43.2 Å². The third kappa shape index (κ3) is 7.13. The van der Waals surface area contributed by atoms with Gasteiger partial charge in [-0.15, -0.1) is 11.3 Å². The summed E-state index contributed by atoms with van der Waals surface area (Å²) in [6, 6.07) is 46.4. The minimum atomic E-state index is -0.0430. The summed E-state index contributed by atoms with van der Waals surface area (Å²) in [5, 5.41) is 3.74. The maximum Gasteiger partial charge on any atom is 0.264 e. The first-order valence-corrected chi connectivity index (χ1v) is 29.9. The molecule has 2 aromatic heterocycles. The predicted molar refractivity (Wildman–Crippen MR) is 333 cm³/mol. The average Bonchev–Trinajstić information content (AvgIpc) is 4.18. The predicted octanol–water partition coefficient (Wildman–Crippen LogP) is 19.0. The monoisotopic (exact) mass is 1030 g/mol. The lowest BCUT2D eigenvalue weighted by Gasteiger charge is -2.46. The van der Waals surface area contributed by atoms with Crippen LogP contribution in [0.4, 0.5) is 34.1 Å². The van der Waals surface area contributed by atoms with Gasteiger partial charge in [-0.1, -0.05) is 139 Å². The Balaban J connectivity index is 1.14. The summed E-state index contributed by atoms with van der Waals surface area (Å²) < 4.78 is 9.88. The van der Waals surface area contributed by atoms with Crippen molar-refractivity contribution in [1.82, 2.24) is 0 Å². The second-order valence-corrected chi connectivity index (χ2v) is 29.8. The van der Waals surface area contributed by atoms with Gasteiger partial charge in [-0.3, -0.25) is 0 Å². The van der Waals surface area contributed by atoms with Crippen LogP contribution in [0, 0.1) is 6.92 Å². The van der Waals surface area contributed by atoms with E-state index in [0.717, 1.165) is 24.0 Å². The third-order valence-corrected chi connectivity index (χ3v) is 21.7. The third-order valence-electron chi connectivity index (χ3n) is 20.4. The number of furan rings is 1. The summed E-state index contributed by atoms with van der Waals surface area (Å²) in [5.74, 6) is 0.398. The van der Waals surface area contributed by atoms with Crippen molar-refractivity contribution in [3.05, 3.63) is 160 Å². The molecule has 0 amide bonds. The molecule has 0 atom stereocenters. The molecule has 0 saturated heterocycles. The standard InChI is InChI=1S/C72H77BN2OS/c1-41(2)44-21-24-61-47(33-44)48-37-58-56(40-62(48)76-61)73-64-59(31-42(3)32-60(64)75(58)57-38-54-52(69(8,9)27-29-71(54,12)13)35-46(57)43-19-17-16-18-20-43)74(45-22-23-50-51(34-45)68(6,7)26-25-67(50,4)5)65-49-36-53-55(39-63(49)77-66(65)73)72(14,15)30-28-70(53,10)11/h16-24,31-41H,25-30H2,1-15H3. The Bertz CT molecular complexity index is 4010. The fourth-order valence-corrected chi connectivity index (χ4v) is 16.5. The van der Waals surface area contributed by atoms with E-state index in [9.17, 15) is 0 Å². The number of hydrogen-bond acceptors (Lipinski definition) is 4. The van der Waals surface area contributed by atoms with E-state index in [1.54, 1.807) is 0 Å². The summed E-state index contributed by atoms with van der Waals surface area (Å²) in [6.07, 6.45) is 7.02. The highest BCUT2D eigenvalue weighted by Gasteiger charge is 2.49. The van der Waals surface area contributed by atoms with Crippen molar-refractivity contribution in [2.45, 2.75) is 181 Å². The van der Waals surface area contributed by atoms with Crippen LogP contribution < -0.4 is 25.5 Å². The Hall–Kier alpha value is -6.04. The molecule has 2 aliphatic heterocycles. The van der Waals surface area contributed by atoms with Crippen LogP contribution in [-0.2, 0) is 32.5 Å². The quantitative estimate of drug-likeness (QED) is 0.164. The Morgan fingerprint density at radius 2 is 1.04 bits per heavy atom. The summed E-state index contributed by atoms with van der Waals surface area (Å²) in [4.78, 5) is 5.47.